The largest absolute Gasteiger partial charge is 0.367 e. The third-order valence-electron chi connectivity index (χ3n) is 2.75. The summed E-state index contributed by atoms with van der Waals surface area (Å²) in [7, 11) is 0. The van der Waals surface area contributed by atoms with Crippen LogP contribution in [0.2, 0.25) is 0 Å². The Morgan fingerprint density at radius 3 is 2.67 bits per heavy atom. The van der Waals surface area contributed by atoms with Crippen LogP contribution in [0.15, 0.2) is 42.7 Å². The highest BCUT2D eigenvalue weighted by molar-refractivity contribution is 5.46. The fourth-order valence-electron chi connectivity index (χ4n) is 1.70. The van der Waals surface area contributed by atoms with Gasteiger partial charge in [0.2, 0.25) is 0 Å². The minimum absolute atomic E-state index is 0.331. The quantitative estimate of drug-likeness (QED) is 0.889. The number of hydrogen-bond donors (Lipinski definition) is 1. The van der Waals surface area contributed by atoms with Crippen molar-refractivity contribution in [1.29, 1.82) is 5.26 Å². The fourth-order valence-corrected chi connectivity index (χ4v) is 1.70. The van der Waals surface area contributed by atoms with Crippen molar-refractivity contribution in [2.24, 2.45) is 0 Å². The van der Waals surface area contributed by atoms with Crippen molar-refractivity contribution < 1.29 is 0 Å². The number of benzene rings is 1. The summed E-state index contributed by atoms with van der Waals surface area (Å²) in [6, 6.07) is 12.3. The Morgan fingerprint density at radius 2 is 1.94 bits per heavy atom. The molecule has 0 radical (unpaired) electrons. The number of aromatic nitrogens is 2. The van der Waals surface area contributed by atoms with E-state index in [1.807, 2.05) is 24.3 Å². The van der Waals surface area contributed by atoms with E-state index in [4.69, 9.17) is 5.26 Å². The van der Waals surface area contributed by atoms with E-state index in [0.717, 1.165) is 6.54 Å². The minimum atomic E-state index is 0.331. The summed E-state index contributed by atoms with van der Waals surface area (Å²) in [4.78, 5) is 8.08. The van der Waals surface area contributed by atoms with Crippen LogP contribution >= 0.6 is 0 Å². The third kappa shape index (κ3) is 2.83. The fraction of sp³-hybridized carbons (Fsp3) is 0.214. The average Bonchev–Trinajstić information content (AvgIpc) is 2.46. The first kappa shape index (κ1) is 12.1. The van der Waals surface area contributed by atoms with Gasteiger partial charge in [-0.15, -0.1) is 0 Å². The molecule has 90 valence electrons. The first-order valence-corrected chi connectivity index (χ1v) is 5.81. The molecule has 0 spiro atoms. The normalized spacial score (nSPS) is 11.6. The molecule has 0 saturated heterocycles. The van der Waals surface area contributed by atoms with Crippen molar-refractivity contribution in [3.8, 4) is 6.07 Å². The molecule has 1 heterocycles. The van der Waals surface area contributed by atoms with Crippen LogP contribution < -0.4 is 5.32 Å². The maximum Gasteiger partial charge on any atom is 0.182 e. The maximum absolute atomic E-state index is 8.91. The van der Waals surface area contributed by atoms with Crippen LogP contribution in [0.1, 0.15) is 24.1 Å². The van der Waals surface area contributed by atoms with E-state index in [1.165, 1.54) is 11.8 Å². The third-order valence-corrected chi connectivity index (χ3v) is 2.75. The van der Waals surface area contributed by atoms with Gasteiger partial charge in [-0.25, -0.2) is 9.97 Å². The van der Waals surface area contributed by atoms with Gasteiger partial charge in [0.25, 0.3) is 0 Å². The first-order valence-electron chi connectivity index (χ1n) is 5.81. The van der Waals surface area contributed by atoms with Crippen LogP contribution in [0.5, 0.6) is 0 Å². The van der Waals surface area contributed by atoms with Crippen molar-refractivity contribution in [2.45, 2.75) is 12.8 Å². The molecule has 2 rings (SSSR count). The van der Waals surface area contributed by atoms with Gasteiger partial charge in [0.1, 0.15) is 6.07 Å². The highest BCUT2D eigenvalue weighted by Gasteiger charge is 2.07. The maximum atomic E-state index is 8.91. The molecule has 1 N–H and O–H groups in total. The lowest BCUT2D eigenvalue weighted by atomic mass is 10.0. The van der Waals surface area contributed by atoms with Crippen LogP contribution in [0.25, 0.3) is 0 Å². The Hall–Kier alpha value is -2.41. The van der Waals surface area contributed by atoms with Gasteiger partial charge in [0.15, 0.2) is 11.5 Å². The van der Waals surface area contributed by atoms with Gasteiger partial charge in [-0.1, -0.05) is 37.3 Å². The summed E-state index contributed by atoms with van der Waals surface area (Å²) < 4.78 is 0. The second-order valence-electron chi connectivity index (χ2n) is 4.06. The molecule has 0 bridgehead atoms. The SMILES string of the molecule is CC(CNc1nccnc1C#N)c1ccccc1. The van der Waals surface area contributed by atoms with Crippen LogP contribution in [-0.2, 0) is 0 Å². The zero-order valence-corrected chi connectivity index (χ0v) is 10.2. The van der Waals surface area contributed by atoms with E-state index in [9.17, 15) is 0 Å². The van der Waals surface area contributed by atoms with Gasteiger partial charge < -0.3 is 5.32 Å². The number of nitrogens with zero attached hydrogens (tertiary/aromatic N) is 3. The molecular weight excluding hydrogens is 224 g/mol. The Bertz CT molecular complexity index is 545. The number of nitriles is 1. The molecule has 0 saturated carbocycles. The topological polar surface area (TPSA) is 61.6 Å². The van der Waals surface area contributed by atoms with E-state index in [0.29, 0.717) is 17.4 Å². The molecule has 0 amide bonds. The Balaban J connectivity index is 2.02. The monoisotopic (exact) mass is 238 g/mol. The van der Waals surface area contributed by atoms with E-state index in [1.54, 1.807) is 6.20 Å². The highest BCUT2D eigenvalue weighted by atomic mass is 15.0. The van der Waals surface area contributed by atoms with E-state index >= 15 is 0 Å². The molecule has 1 unspecified atom stereocenters. The number of anilines is 1. The lowest BCUT2D eigenvalue weighted by Crippen LogP contribution is -2.12. The molecule has 0 aliphatic rings. The summed E-state index contributed by atoms with van der Waals surface area (Å²) in [5.74, 6) is 0.891. The molecule has 0 fully saturated rings. The average molecular weight is 238 g/mol. The lowest BCUT2D eigenvalue weighted by Gasteiger charge is -2.13. The van der Waals surface area contributed by atoms with Crippen molar-refractivity contribution in [1.82, 2.24) is 9.97 Å². The van der Waals surface area contributed by atoms with Gasteiger partial charge >= 0.3 is 0 Å². The summed E-state index contributed by atoms with van der Waals surface area (Å²) in [6.45, 7) is 2.85. The van der Waals surface area contributed by atoms with E-state index in [2.05, 4.69) is 34.3 Å². The zero-order chi connectivity index (χ0) is 12.8. The molecular formula is C14H14N4. The molecule has 18 heavy (non-hydrogen) atoms. The van der Waals surface area contributed by atoms with Gasteiger partial charge in [0, 0.05) is 18.9 Å². The molecule has 0 aliphatic carbocycles. The zero-order valence-electron chi connectivity index (χ0n) is 10.2. The van der Waals surface area contributed by atoms with Crippen LogP contribution in [0.3, 0.4) is 0 Å². The highest BCUT2D eigenvalue weighted by Crippen LogP contribution is 2.16. The molecule has 1 aromatic carbocycles. The van der Waals surface area contributed by atoms with E-state index < -0.39 is 0 Å². The Kier molecular flexibility index (Phi) is 3.87. The lowest BCUT2D eigenvalue weighted by molar-refractivity contribution is 0.800. The van der Waals surface area contributed by atoms with Gasteiger partial charge in [0.05, 0.1) is 0 Å². The predicted octanol–water partition coefficient (Wildman–Crippen LogP) is 2.56. The summed E-state index contributed by atoms with van der Waals surface area (Å²) in [5, 5.41) is 12.1. The molecule has 0 aliphatic heterocycles. The summed E-state index contributed by atoms with van der Waals surface area (Å²) in [5.41, 5.74) is 1.59. The van der Waals surface area contributed by atoms with Gasteiger partial charge in [-0.3, -0.25) is 0 Å². The second kappa shape index (κ2) is 5.78. The van der Waals surface area contributed by atoms with Crippen LogP contribution in [-0.4, -0.2) is 16.5 Å². The molecule has 4 nitrogen and oxygen atoms in total. The number of nitrogens with one attached hydrogen (secondary N) is 1. The molecule has 1 atom stereocenters. The van der Waals surface area contributed by atoms with Crippen LogP contribution in [0, 0.1) is 11.3 Å². The summed E-state index contributed by atoms with van der Waals surface area (Å²) >= 11 is 0. The van der Waals surface area contributed by atoms with Gasteiger partial charge in [-0.2, -0.15) is 5.26 Å². The smallest absolute Gasteiger partial charge is 0.182 e. The van der Waals surface area contributed by atoms with Crippen molar-refractivity contribution in [3.63, 3.8) is 0 Å². The Morgan fingerprint density at radius 1 is 1.22 bits per heavy atom. The van der Waals surface area contributed by atoms with Crippen LogP contribution in [0.4, 0.5) is 5.82 Å². The molecule has 4 heteroatoms. The first-order chi connectivity index (χ1) is 8.81. The summed E-state index contributed by atoms with van der Waals surface area (Å²) in [6.07, 6.45) is 3.10. The number of hydrogen-bond acceptors (Lipinski definition) is 4. The molecule has 1 aromatic heterocycles. The standard InChI is InChI=1S/C14H14N4/c1-11(12-5-3-2-4-6-12)10-18-14-13(9-15)16-7-8-17-14/h2-8,11H,10H2,1H3,(H,17,18). The molecule has 2 aromatic rings. The van der Waals surface area contributed by atoms with Crippen molar-refractivity contribution >= 4 is 5.82 Å². The second-order valence-corrected chi connectivity index (χ2v) is 4.06. The predicted molar refractivity (Wildman–Crippen MR) is 70.1 cm³/mol. The van der Waals surface area contributed by atoms with E-state index in [-0.39, 0.29) is 0 Å². The van der Waals surface area contributed by atoms with Gasteiger partial charge in [-0.05, 0) is 11.5 Å². The number of rotatable bonds is 4. The minimum Gasteiger partial charge on any atom is -0.367 e. The Labute approximate surface area is 106 Å². The van der Waals surface area contributed by atoms with Crippen molar-refractivity contribution in [2.75, 3.05) is 11.9 Å². The van der Waals surface area contributed by atoms with Crippen molar-refractivity contribution in [3.05, 3.63) is 54.0 Å².